The Hall–Kier alpha value is -0.160. The zero-order chi connectivity index (χ0) is 11.5. The molecule has 15 heavy (non-hydrogen) atoms. The van der Waals surface area contributed by atoms with E-state index in [9.17, 15) is 5.11 Å². The van der Waals surface area contributed by atoms with Crippen molar-refractivity contribution in [3.63, 3.8) is 0 Å². The molecule has 0 aromatic carbocycles. The Kier molecular flexibility index (Phi) is 4.12. The van der Waals surface area contributed by atoms with E-state index in [-0.39, 0.29) is 11.6 Å². The van der Waals surface area contributed by atoms with Crippen molar-refractivity contribution in [1.82, 2.24) is 5.32 Å². The van der Waals surface area contributed by atoms with Crippen LogP contribution in [-0.2, 0) is 9.47 Å². The second kappa shape index (κ2) is 4.78. The van der Waals surface area contributed by atoms with Crippen LogP contribution in [0.1, 0.15) is 27.2 Å². The number of hydrogen-bond donors (Lipinski definition) is 2. The predicted octanol–water partition coefficient (Wildman–Crippen LogP) is 0.541. The Bertz CT molecular complexity index is 194. The van der Waals surface area contributed by atoms with Gasteiger partial charge in [0, 0.05) is 32.7 Å². The van der Waals surface area contributed by atoms with Crippen LogP contribution in [0.4, 0.5) is 0 Å². The SMILES string of the molecule is COC1(CNC(C)C(C)(C)O)CCOC1. The van der Waals surface area contributed by atoms with Gasteiger partial charge >= 0.3 is 0 Å². The summed E-state index contributed by atoms with van der Waals surface area (Å²) in [4.78, 5) is 0. The molecule has 0 aliphatic carbocycles. The summed E-state index contributed by atoms with van der Waals surface area (Å²) in [6, 6.07) is 0.0325. The quantitative estimate of drug-likeness (QED) is 0.706. The van der Waals surface area contributed by atoms with Crippen LogP contribution in [0, 0.1) is 0 Å². The molecule has 2 N–H and O–H groups in total. The summed E-state index contributed by atoms with van der Waals surface area (Å²) in [5, 5.41) is 13.1. The fraction of sp³-hybridized carbons (Fsp3) is 1.00. The molecule has 2 unspecified atom stereocenters. The summed E-state index contributed by atoms with van der Waals surface area (Å²) >= 11 is 0. The van der Waals surface area contributed by atoms with Gasteiger partial charge in [0.15, 0.2) is 0 Å². The van der Waals surface area contributed by atoms with Crippen LogP contribution in [0.5, 0.6) is 0 Å². The van der Waals surface area contributed by atoms with Gasteiger partial charge in [0.1, 0.15) is 5.60 Å². The molecule has 1 fully saturated rings. The van der Waals surface area contributed by atoms with Gasteiger partial charge in [-0.05, 0) is 20.8 Å². The van der Waals surface area contributed by atoms with Gasteiger partial charge in [0.25, 0.3) is 0 Å². The number of nitrogens with one attached hydrogen (secondary N) is 1. The largest absolute Gasteiger partial charge is 0.389 e. The van der Waals surface area contributed by atoms with Crippen LogP contribution in [0.25, 0.3) is 0 Å². The average molecular weight is 217 g/mol. The summed E-state index contributed by atoms with van der Waals surface area (Å²) < 4.78 is 10.8. The first-order valence-corrected chi connectivity index (χ1v) is 5.48. The molecule has 1 heterocycles. The maximum absolute atomic E-state index is 9.78. The third-order valence-corrected chi connectivity index (χ3v) is 3.29. The lowest BCUT2D eigenvalue weighted by Gasteiger charge is -2.32. The smallest absolute Gasteiger partial charge is 0.106 e. The van der Waals surface area contributed by atoms with Crippen LogP contribution < -0.4 is 5.32 Å². The van der Waals surface area contributed by atoms with E-state index in [1.54, 1.807) is 21.0 Å². The van der Waals surface area contributed by atoms with Gasteiger partial charge in [-0.1, -0.05) is 0 Å². The van der Waals surface area contributed by atoms with E-state index in [0.717, 1.165) is 13.0 Å². The van der Waals surface area contributed by atoms with E-state index in [2.05, 4.69) is 5.32 Å². The van der Waals surface area contributed by atoms with Gasteiger partial charge in [0.2, 0.25) is 0 Å². The van der Waals surface area contributed by atoms with Gasteiger partial charge in [-0.2, -0.15) is 0 Å². The fourth-order valence-corrected chi connectivity index (χ4v) is 1.55. The zero-order valence-corrected chi connectivity index (χ0v) is 10.2. The molecular weight excluding hydrogens is 194 g/mol. The van der Waals surface area contributed by atoms with E-state index >= 15 is 0 Å². The molecule has 0 radical (unpaired) electrons. The number of methoxy groups -OCH3 is 1. The lowest BCUT2D eigenvalue weighted by Crippen LogP contribution is -2.51. The van der Waals surface area contributed by atoms with Gasteiger partial charge in [-0.25, -0.2) is 0 Å². The third-order valence-electron chi connectivity index (χ3n) is 3.29. The molecule has 2 atom stereocenters. The molecule has 0 spiro atoms. The number of ether oxygens (including phenoxy) is 2. The zero-order valence-electron chi connectivity index (χ0n) is 10.2. The predicted molar refractivity (Wildman–Crippen MR) is 58.9 cm³/mol. The minimum Gasteiger partial charge on any atom is -0.389 e. The summed E-state index contributed by atoms with van der Waals surface area (Å²) in [5.74, 6) is 0. The second-order valence-corrected chi connectivity index (χ2v) is 4.95. The number of hydrogen-bond acceptors (Lipinski definition) is 4. The number of aliphatic hydroxyl groups is 1. The highest BCUT2D eigenvalue weighted by atomic mass is 16.5. The standard InChI is InChI=1S/C11H23NO3/c1-9(10(2,3)13)12-7-11(14-4)5-6-15-8-11/h9,12-13H,5-8H2,1-4H3. The normalized spacial score (nSPS) is 29.4. The van der Waals surface area contributed by atoms with Crippen LogP contribution in [-0.4, -0.2) is 49.2 Å². The molecule has 90 valence electrons. The summed E-state index contributed by atoms with van der Waals surface area (Å²) in [5.41, 5.74) is -0.923. The van der Waals surface area contributed by atoms with Crippen LogP contribution >= 0.6 is 0 Å². The number of rotatable bonds is 5. The Labute approximate surface area is 92.0 Å². The monoisotopic (exact) mass is 217 g/mol. The molecule has 1 rings (SSSR count). The second-order valence-electron chi connectivity index (χ2n) is 4.95. The topological polar surface area (TPSA) is 50.7 Å². The lowest BCUT2D eigenvalue weighted by molar-refractivity contribution is -0.0266. The Morgan fingerprint density at radius 1 is 1.60 bits per heavy atom. The Balaban J connectivity index is 2.41. The highest BCUT2D eigenvalue weighted by molar-refractivity contribution is 4.90. The molecule has 4 heteroatoms. The lowest BCUT2D eigenvalue weighted by atomic mass is 9.98. The van der Waals surface area contributed by atoms with Crippen molar-refractivity contribution in [2.75, 3.05) is 26.9 Å². The molecule has 1 aliphatic heterocycles. The molecule has 0 amide bonds. The van der Waals surface area contributed by atoms with E-state index < -0.39 is 5.60 Å². The summed E-state index contributed by atoms with van der Waals surface area (Å²) in [6.07, 6.45) is 0.912. The van der Waals surface area contributed by atoms with Gasteiger partial charge in [0.05, 0.1) is 12.2 Å². The molecule has 0 saturated carbocycles. The van der Waals surface area contributed by atoms with Gasteiger partial charge < -0.3 is 19.9 Å². The van der Waals surface area contributed by atoms with E-state index in [0.29, 0.717) is 13.2 Å². The average Bonchev–Trinajstić information content (AvgIpc) is 2.62. The molecule has 1 aliphatic rings. The first-order chi connectivity index (χ1) is 6.90. The first-order valence-electron chi connectivity index (χ1n) is 5.48. The van der Waals surface area contributed by atoms with E-state index in [1.807, 2.05) is 6.92 Å². The maximum atomic E-state index is 9.78. The highest BCUT2D eigenvalue weighted by Crippen LogP contribution is 2.22. The van der Waals surface area contributed by atoms with Crippen molar-refractivity contribution in [3.8, 4) is 0 Å². The molecular formula is C11H23NO3. The van der Waals surface area contributed by atoms with Crippen molar-refractivity contribution in [2.45, 2.75) is 44.4 Å². The summed E-state index contributed by atoms with van der Waals surface area (Å²) in [6.45, 7) is 7.68. The molecule has 4 nitrogen and oxygen atoms in total. The third kappa shape index (κ3) is 3.41. The van der Waals surface area contributed by atoms with Crippen molar-refractivity contribution in [3.05, 3.63) is 0 Å². The van der Waals surface area contributed by atoms with Crippen molar-refractivity contribution in [1.29, 1.82) is 0 Å². The minimum absolute atomic E-state index is 0.0325. The van der Waals surface area contributed by atoms with Crippen LogP contribution in [0.15, 0.2) is 0 Å². The highest BCUT2D eigenvalue weighted by Gasteiger charge is 2.36. The molecule has 0 aromatic rings. The van der Waals surface area contributed by atoms with E-state index in [4.69, 9.17) is 9.47 Å². The maximum Gasteiger partial charge on any atom is 0.106 e. The minimum atomic E-state index is -0.714. The van der Waals surface area contributed by atoms with Gasteiger partial charge in [-0.15, -0.1) is 0 Å². The van der Waals surface area contributed by atoms with Crippen molar-refractivity contribution < 1.29 is 14.6 Å². The Morgan fingerprint density at radius 3 is 2.67 bits per heavy atom. The van der Waals surface area contributed by atoms with Crippen LogP contribution in [0.2, 0.25) is 0 Å². The van der Waals surface area contributed by atoms with Crippen molar-refractivity contribution >= 4 is 0 Å². The Morgan fingerprint density at radius 2 is 2.27 bits per heavy atom. The molecule has 0 aromatic heterocycles. The van der Waals surface area contributed by atoms with E-state index in [1.165, 1.54) is 0 Å². The summed E-state index contributed by atoms with van der Waals surface area (Å²) in [7, 11) is 1.71. The molecule has 0 bridgehead atoms. The van der Waals surface area contributed by atoms with Gasteiger partial charge in [-0.3, -0.25) is 0 Å². The fourth-order valence-electron chi connectivity index (χ4n) is 1.55. The van der Waals surface area contributed by atoms with Crippen LogP contribution in [0.3, 0.4) is 0 Å². The first kappa shape index (κ1) is 12.9. The van der Waals surface area contributed by atoms with Crippen molar-refractivity contribution in [2.24, 2.45) is 0 Å². The molecule has 1 saturated heterocycles.